The summed E-state index contributed by atoms with van der Waals surface area (Å²) in [5.74, 6) is -0.259. The zero-order valence-corrected chi connectivity index (χ0v) is 35.3. The molecule has 4 saturated heterocycles. The van der Waals surface area contributed by atoms with Crippen LogP contribution >= 0.6 is 0 Å². The van der Waals surface area contributed by atoms with E-state index in [1.54, 1.807) is 35.8 Å². The van der Waals surface area contributed by atoms with Gasteiger partial charge in [-0.15, -0.1) is 0 Å². The van der Waals surface area contributed by atoms with Crippen molar-refractivity contribution in [3.05, 3.63) is 100 Å². The molecule has 2 unspecified atom stereocenters. The molecule has 7 heterocycles. The van der Waals surface area contributed by atoms with E-state index in [9.17, 15) is 28.8 Å². The average molecular weight is 842 g/mol. The summed E-state index contributed by atoms with van der Waals surface area (Å²) in [6, 6.07) is 21.6. The molecular formula is C47H51N7O8. The van der Waals surface area contributed by atoms with Gasteiger partial charge in [-0.3, -0.25) is 49.3 Å². The highest BCUT2D eigenvalue weighted by atomic mass is 16.5. The lowest BCUT2D eigenvalue weighted by atomic mass is 9.89. The van der Waals surface area contributed by atoms with Crippen LogP contribution in [-0.2, 0) is 38.8 Å². The van der Waals surface area contributed by atoms with Crippen LogP contribution in [-0.4, -0.2) is 105 Å². The first-order chi connectivity index (χ1) is 29.8. The number of carbonyl (C=O) groups is 6. The standard InChI is InChI=1S/C29H30N4O4.C18H21N3O4/c1-18-3-5-20-13-19(4-8-25(20)30-18)15-32-12-10-23(17-32)37-22-6-7-24-21(14-22)16-33(27(24)35)29(2)11-9-26(34)31-28(29)36;1-18(6-4-15(22)20-17(18)24)21-10-11-8-12(2-3-14(11)16(21)23)25-13-5-7-19-9-13/h3-8,13-14,23H,9-12,15-17H2,1-2H3,(H,31,34,36);2-3,8,13,19H,4-7,9-10H2,1H3,(H,20,22,24)/t23-,29?;13-,18?/m00/s1. The van der Waals surface area contributed by atoms with Gasteiger partial charge in [0.15, 0.2) is 0 Å². The molecule has 0 bridgehead atoms. The minimum absolute atomic E-state index is 0.0729. The van der Waals surface area contributed by atoms with Crippen molar-refractivity contribution < 1.29 is 38.2 Å². The Hall–Kier alpha value is -6.19. The summed E-state index contributed by atoms with van der Waals surface area (Å²) < 4.78 is 12.3. The molecule has 3 aromatic carbocycles. The van der Waals surface area contributed by atoms with Crippen molar-refractivity contribution in [2.24, 2.45) is 0 Å². The third kappa shape index (κ3) is 7.90. The van der Waals surface area contributed by atoms with Crippen LogP contribution in [0.2, 0.25) is 0 Å². The van der Waals surface area contributed by atoms with Gasteiger partial charge >= 0.3 is 0 Å². The number of hydrogen-bond acceptors (Lipinski definition) is 11. The molecule has 10 rings (SSSR count). The minimum atomic E-state index is -1.03. The van der Waals surface area contributed by atoms with Gasteiger partial charge in [0.25, 0.3) is 23.6 Å². The minimum Gasteiger partial charge on any atom is -0.489 e. The summed E-state index contributed by atoms with van der Waals surface area (Å²) in [4.78, 5) is 84.0. The van der Waals surface area contributed by atoms with Crippen LogP contribution in [0.15, 0.2) is 66.7 Å². The molecule has 4 aromatic rings. The van der Waals surface area contributed by atoms with Crippen molar-refractivity contribution in [3.63, 3.8) is 0 Å². The van der Waals surface area contributed by atoms with Crippen molar-refractivity contribution >= 4 is 46.3 Å². The fourth-order valence-corrected chi connectivity index (χ4v) is 9.43. The molecule has 0 radical (unpaired) electrons. The lowest BCUT2D eigenvalue weighted by molar-refractivity contribution is -0.143. The number of likely N-dealkylation sites (tertiary alicyclic amines) is 1. The number of benzene rings is 3. The number of amides is 6. The van der Waals surface area contributed by atoms with Gasteiger partial charge < -0.3 is 24.6 Å². The zero-order valence-electron chi connectivity index (χ0n) is 35.3. The number of nitrogens with one attached hydrogen (secondary N) is 3. The van der Waals surface area contributed by atoms with Crippen LogP contribution in [0.1, 0.15) is 95.5 Å². The maximum absolute atomic E-state index is 13.1. The zero-order chi connectivity index (χ0) is 43.3. The number of aromatic nitrogens is 1. The Kier molecular flexibility index (Phi) is 10.8. The molecule has 4 fully saturated rings. The van der Waals surface area contributed by atoms with Crippen molar-refractivity contribution in [1.82, 2.24) is 35.6 Å². The highest BCUT2D eigenvalue weighted by molar-refractivity contribution is 6.08. The van der Waals surface area contributed by atoms with Crippen LogP contribution in [0.4, 0.5) is 0 Å². The lowest BCUT2D eigenvalue weighted by Crippen LogP contribution is -2.61. The number of fused-ring (bicyclic) bond motifs is 3. The van der Waals surface area contributed by atoms with Gasteiger partial charge in [-0.05, 0) is 124 Å². The van der Waals surface area contributed by atoms with E-state index < -0.39 is 22.9 Å². The third-order valence-electron chi connectivity index (χ3n) is 13.3. The molecule has 0 saturated carbocycles. The smallest absolute Gasteiger partial charge is 0.255 e. The van der Waals surface area contributed by atoms with Crippen molar-refractivity contribution in [3.8, 4) is 11.5 Å². The highest BCUT2D eigenvalue weighted by Crippen LogP contribution is 2.37. The first-order valence-electron chi connectivity index (χ1n) is 21.5. The molecule has 62 heavy (non-hydrogen) atoms. The van der Waals surface area contributed by atoms with Gasteiger partial charge in [0.05, 0.1) is 5.52 Å². The first-order valence-corrected chi connectivity index (χ1v) is 21.5. The Morgan fingerprint density at radius 1 is 0.710 bits per heavy atom. The monoisotopic (exact) mass is 841 g/mol. The van der Waals surface area contributed by atoms with Gasteiger partial charge in [0.1, 0.15) is 34.8 Å². The molecule has 0 spiro atoms. The predicted molar refractivity (Wildman–Crippen MR) is 227 cm³/mol. The summed E-state index contributed by atoms with van der Waals surface area (Å²) >= 11 is 0. The van der Waals surface area contributed by atoms with E-state index in [0.717, 1.165) is 84.8 Å². The molecule has 15 heteroatoms. The summed E-state index contributed by atoms with van der Waals surface area (Å²) in [5, 5.41) is 9.14. The summed E-state index contributed by atoms with van der Waals surface area (Å²) in [5.41, 5.74) is 4.17. The topological polar surface area (TPSA) is 180 Å². The van der Waals surface area contributed by atoms with Gasteiger partial charge in [0.2, 0.25) is 11.8 Å². The molecule has 15 nitrogen and oxygen atoms in total. The van der Waals surface area contributed by atoms with E-state index in [1.807, 2.05) is 37.3 Å². The number of hydrogen-bond donors (Lipinski definition) is 3. The van der Waals surface area contributed by atoms with Gasteiger partial charge in [-0.25, -0.2) is 0 Å². The number of carbonyl (C=O) groups excluding carboxylic acids is 6. The molecule has 0 aliphatic carbocycles. The Bertz CT molecular complexity index is 2520. The Labute approximate surface area is 359 Å². The van der Waals surface area contributed by atoms with Crippen molar-refractivity contribution in [2.45, 2.75) is 102 Å². The fourth-order valence-electron chi connectivity index (χ4n) is 9.43. The maximum Gasteiger partial charge on any atom is 0.255 e. The van der Waals surface area contributed by atoms with E-state index in [-0.39, 0.29) is 48.7 Å². The SMILES string of the molecule is CC1(N2Cc3cc(O[C@H]4CCNC4)ccc3C2=O)CCC(=O)NC1=O.Cc1ccc2cc(CN3CC[C@H](Oc4ccc5c(c4)CN(C4(C)CCC(=O)NC4=O)C5=O)C3)ccc2n1. The molecule has 4 atom stereocenters. The first kappa shape index (κ1) is 41.2. The number of pyridine rings is 1. The Morgan fingerprint density at radius 3 is 1.87 bits per heavy atom. The van der Waals surface area contributed by atoms with Crippen molar-refractivity contribution in [2.75, 3.05) is 26.2 Å². The molecule has 1 aromatic heterocycles. The summed E-state index contributed by atoms with van der Waals surface area (Å²) in [6.07, 6.45) is 3.26. The average Bonchev–Trinajstić information content (AvgIpc) is 4.06. The maximum atomic E-state index is 13.1. The van der Waals surface area contributed by atoms with Crippen LogP contribution in [0.25, 0.3) is 10.9 Å². The normalized spacial score (nSPS) is 26.0. The fraction of sp³-hybridized carbons (Fsp3) is 0.426. The van der Waals surface area contributed by atoms with Crippen LogP contribution in [0.3, 0.4) is 0 Å². The van der Waals surface area contributed by atoms with Crippen LogP contribution in [0.5, 0.6) is 11.5 Å². The molecule has 3 N–H and O–H groups in total. The Morgan fingerprint density at radius 2 is 1.31 bits per heavy atom. The summed E-state index contributed by atoms with van der Waals surface area (Å²) in [7, 11) is 0. The quantitative estimate of drug-likeness (QED) is 0.219. The van der Waals surface area contributed by atoms with E-state index >= 15 is 0 Å². The van der Waals surface area contributed by atoms with Crippen molar-refractivity contribution in [1.29, 1.82) is 0 Å². The van der Waals surface area contributed by atoms with Crippen LogP contribution < -0.4 is 25.4 Å². The second-order valence-electron chi connectivity index (χ2n) is 17.7. The third-order valence-corrected chi connectivity index (χ3v) is 13.3. The van der Waals surface area contributed by atoms with E-state index in [2.05, 4.69) is 50.1 Å². The second-order valence-corrected chi connectivity index (χ2v) is 17.7. The number of ether oxygens (including phenoxy) is 2. The Balaban J connectivity index is 0.000000171. The largest absolute Gasteiger partial charge is 0.489 e. The molecular weight excluding hydrogens is 791 g/mol. The second kappa shape index (κ2) is 16.3. The molecule has 6 amide bonds. The lowest BCUT2D eigenvalue weighted by Gasteiger charge is -2.39. The van der Waals surface area contributed by atoms with E-state index in [1.165, 1.54) is 5.56 Å². The number of aryl methyl sites for hydroxylation is 1. The number of imide groups is 2. The number of piperidine rings is 2. The van der Waals surface area contributed by atoms with Gasteiger partial charge in [-0.2, -0.15) is 0 Å². The van der Waals surface area contributed by atoms with Gasteiger partial charge in [-0.1, -0.05) is 12.1 Å². The molecule has 322 valence electrons. The molecule has 6 aliphatic rings. The highest BCUT2D eigenvalue weighted by Gasteiger charge is 2.50. The van der Waals surface area contributed by atoms with Gasteiger partial charge in [0, 0.05) is 74.3 Å². The van der Waals surface area contributed by atoms with E-state index in [0.29, 0.717) is 37.1 Å². The predicted octanol–water partition coefficient (Wildman–Crippen LogP) is 3.93. The van der Waals surface area contributed by atoms with E-state index in [4.69, 9.17) is 9.47 Å². The molecule has 6 aliphatic heterocycles. The number of nitrogens with zero attached hydrogens (tertiary/aromatic N) is 4. The summed E-state index contributed by atoms with van der Waals surface area (Å²) in [6.45, 7) is 10.6. The number of rotatable bonds is 8. The van der Waals surface area contributed by atoms with Crippen LogP contribution in [0, 0.1) is 6.92 Å².